The van der Waals surface area contributed by atoms with Crippen molar-refractivity contribution in [2.45, 2.75) is 6.54 Å². The summed E-state index contributed by atoms with van der Waals surface area (Å²) in [7, 11) is 6.54. The number of hydrogen-bond acceptors (Lipinski definition) is 6. The second-order valence-electron chi connectivity index (χ2n) is 7.67. The van der Waals surface area contributed by atoms with Gasteiger partial charge in [-0.05, 0) is 36.4 Å². The summed E-state index contributed by atoms with van der Waals surface area (Å²) in [4.78, 5) is 18.1. The van der Waals surface area contributed by atoms with Gasteiger partial charge < -0.3 is 34.0 Å². The van der Waals surface area contributed by atoms with Gasteiger partial charge in [-0.1, -0.05) is 0 Å². The van der Waals surface area contributed by atoms with Gasteiger partial charge in [0.05, 0.1) is 47.5 Å². The van der Waals surface area contributed by atoms with Crippen LogP contribution in [-0.4, -0.2) is 77.0 Å². The fourth-order valence-corrected chi connectivity index (χ4v) is 3.90. The highest BCUT2D eigenvalue weighted by Gasteiger charge is 2.25. The minimum absolute atomic E-state index is 0.0879. The molecule has 1 saturated heterocycles. The van der Waals surface area contributed by atoms with Crippen LogP contribution in [0.4, 0.5) is 5.69 Å². The van der Waals surface area contributed by atoms with Crippen LogP contribution in [-0.2, 0) is 11.3 Å². The van der Waals surface area contributed by atoms with Crippen molar-refractivity contribution in [3.8, 4) is 23.0 Å². The number of rotatable bonds is 8. The molecule has 8 nitrogen and oxygen atoms in total. The Labute approximate surface area is 183 Å². The number of phenolic OH excluding ortho intramolecular Hbond substituents is 1. The summed E-state index contributed by atoms with van der Waals surface area (Å²) in [6.07, 6.45) is 0. The van der Waals surface area contributed by atoms with E-state index in [0.717, 1.165) is 37.4 Å². The van der Waals surface area contributed by atoms with E-state index in [1.807, 2.05) is 31.3 Å². The minimum Gasteiger partial charge on any atom is -0.508 e. The monoisotopic (exact) mass is 430 g/mol. The molecule has 2 aromatic rings. The molecule has 0 radical (unpaired) electrons. The standard InChI is InChI=1S/C23H31N3O5/c1-24(15-17-5-10-20(29-2)23(31-4)22(17)30-3)21(28)16-25-11-13-26(14-12-25)18-6-8-19(27)9-7-18/h5-10,27H,11-16H2,1-4H3/p+1. The number of piperazine rings is 1. The molecule has 0 spiro atoms. The highest BCUT2D eigenvalue weighted by molar-refractivity contribution is 5.77. The number of carbonyl (C=O) groups is 1. The van der Waals surface area contributed by atoms with E-state index < -0.39 is 0 Å². The number of anilines is 1. The Hall–Kier alpha value is -3.13. The fourth-order valence-electron chi connectivity index (χ4n) is 3.90. The Balaban J connectivity index is 1.56. The molecule has 2 aromatic carbocycles. The van der Waals surface area contributed by atoms with Gasteiger partial charge in [0.1, 0.15) is 5.75 Å². The number of benzene rings is 2. The lowest BCUT2D eigenvalue weighted by atomic mass is 10.1. The van der Waals surface area contributed by atoms with E-state index in [4.69, 9.17) is 14.2 Å². The molecule has 1 amide bonds. The molecule has 168 valence electrons. The summed E-state index contributed by atoms with van der Waals surface area (Å²) < 4.78 is 16.3. The number of hydrogen-bond donors (Lipinski definition) is 2. The van der Waals surface area contributed by atoms with Crippen molar-refractivity contribution in [2.24, 2.45) is 0 Å². The van der Waals surface area contributed by atoms with Crippen LogP contribution >= 0.6 is 0 Å². The van der Waals surface area contributed by atoms with Crippen molar-refractivity contribution in [1.29, 1.82) is 0 Å². The van der Waals surface area contributed by atoms with E-state index in [1.165, 1.54) is 4.90 Å². The van der Waals surface area contributed by atoms with Crippen LogP contribution in [0.25, 0.3) is 0 Å². The maximum Gasteiger partial charge on any atom is 0.277 e. The third-order valence-corrected chi connectivity index (χ3v) is 5.71. The van der Waals surface area contributed by atoms with Crippen molar-refractivity contribution >= 4 is 11.6 Å². The zero-order chi connectivity index (χ0) is 22.4. The van der Waals surface area contributed by atoms with Gasteiger partial charge >= 0.3 is 0 Å². The molecule has 1 fully saturated rings. The van der Waals surface area contributed by atoms with Crippen LogP contribution in [0.1, 0.15) is 5.56 Å². The molecule has 8 heteroatoms. The van der Waals surface area contributed by atoms with Gasteiger partial charge in [0.25, 0.3) is 5.91 Å². The number of methoxy groups -OCH3 is 3. The predicted molar refractivity (Wildman–Crippen MR) is 118 cm³/mol. The highest BCUT2D eigenvalue weighted by Crippen LogP contribution is 2.40. The number of phenols is 1. The Morgan fingerprint density at radius 2 is 1.65 bits per heavy atom. The number of nitrogens with one attached hydrogen (secondary N) is 1. The normalized spacial score (nSPS) is 14.3. The lowest BCUT2D eigenvalue weighted by Gasteiger charge is -2.34. The third kappa shape index (κ3) is 5.32. The van der Waals surface area contributed by atoms with Gasteiger partial charge in [0.2, 0.25) is 5.75 Å². The molecule has 0 saturated carbocycles. The second-order valence-corrected chi connectivity index (χ2v) is 7.67. The first kappa shape index (κ1) is 22.6. The molecule has 3 rings (SSSR count). The lowest BCUT2D eigenvalue weighted by molar-refractivity contribution is -0.892. The van der Waals surface area contributed by atoms with E-state index in [-0.39, 0.29) is 11.7 Å². The van der Waals surface area contributed by atoms with E-state index in [9.17, 15) is 9.90 Å². The molecule has 0 atom stereocenters. The molecule has 0 aliphatic carbocycles. The number of carbonyl (C=O) groups excluding carboxylic acids is 1. The Morgan fingerprint density at radius 1 is 1.00 bits per heavy atom. The quantitative estimate of drug-likeness (QED) is 0.645. The minimum atomic E-state index is 0.0879. The number of quaternary nitrogens is 1. The zero-order valence-corrected chi connectivity index (χ0v) is 18.7. The SMILES string of the molecule is COc1ccc(CN(C)C(=O)C[NH+]2CCN(c3ccc(O)cc3)CC2)c(OC)c1OC. The predicted octanol–water partition coefficient (Wildman–Crippen LogP) is 0.782. The number of likely N-dealkylation sites (N-methyl/N-ethyl adjacent to an activating group) is 1. The van der Waals surface area contributed by atoms with E-state index in [1.54, 1.807) is 38.4 Å². The summed E-state index contributed by atoms with van der Waals surface area (Å²) in [6.45, 7) is 4.41. The summed E-state index contributed by atoms with van der Waals surface area (Å²) in [5.41, 5.74) is 1.96. The Kier molecular flexibility index (Phi) is 7.46. The summed E-state index contributed by atoms with van der Waals surface area (Å²) >= 11 is 0. The average Bonchev–Trinajstić information content (AvgIpc) is 2.79. The van der Waals surface area contributed by atoms with E-state index in [0.29, 0.717) is 30.3 Å². The Bertz CT molecular complexity index is 880. The molecule has 0 unspecified atom stereocenters. The third-order valence-electron chi connectivity index (χ3n) is 5.71. The lowest BCUT2D eigenvalue weighted by Crippen LogP contribution is -3.15. The highest BCUT2D eigenvalue weighted by atomic mass is 16.5. The van der Waals surface area contributed by atoms with Crippen LogP contribution in [0.5, 0.6) is 23.0 Å². The Morgan fingerprint density at radius 3 is 2.23 bits per heavy atom. The van der Waals surface area contributed by atoms with Crippen molar-refractivity contribution in [3.63, 3.8) is 0 Å². The van der Waals surface area contributed by atoms with Crippen molar-refractivity contribution in [2.75, 3.05) is 66.0 Å². The van der Waals surface area contributed by atoms with Gasteiger partial charge in [0, 0.05) is 24.8 Å². The maximum absolute atomic E-state index is 12.8. The first-order chi connectivity index (χ1) is 15.0. The molecule has 1 heterocycles. The number of amides is 1. The second kappa shape index (κ2) is 10.3. The van der Waals surface area contributed by atoms with Gasteiger partial charge in [-0.15, -0.1) is 0 Å². The first-order valence-corrected chi connectivity index (χ1v) is 10.4. The fraction of sp³-hybridized carbons (Fsp3) is 0.435. The van der Waals surface area contributed by atoms with E-state index in [2.05, 4.69) is 4.90 Å². The van der Waals surface area contributed by atoms with Crippen LogP contribution < -0.4 is 24.0 Å². The van der Waals surface area contributed by atoms with Gasteiger partial charge in [-0.3, -0.25) is 4.79 Å². The average molecular weight is 431 g/mol. The van der Waals surface area contributed by atoms with Crippen LogP contribution in [0, 0.1) is 0 Å². The molecule has 2 N–H and O–H groups in total. The summed E-state index contributed by atoms with van der Waals surface area (Å²) in [5, 5.41) is 9.46. The number of aromatic hydroxyl groups is 1. The first-order valence-electron chi connectivity index (χ1n) is 10.4. The molecule has 0 bridgehead atoms. The summed E-state index contributed by atoms with van der Waals surface area (Å²) in [6, 6.07) is 11.0. The largest absolute Gasteiger partial charge is 0.508 e. The molecular weight excluding hydrogens is 398 g/mol. The summed E-state index contributed by atoms with van der Waals surface area (Å²) in [5.74, 6) is 2.06. The maximum atomic E-state index is 12.8. The van der Waals surface area contributed by atoms with Crippen LogP contribution in [0.2, 0.25) is 0 Å². The van der Waals surface area contributed by atoms with Crippen LogP contribution in [0.15, 0.2) is 36.4 Å². The van der Waals surface area contributed by atoms with Crippen molar-refractivity contribution < 1.29 is 29.0 Å². The van der Waals surface area contributed by atoms with Crippen molar-refractivity contribution in [1.82, 2.24) is 4.90 Å². The molecule has 31 heavy (non-hydrogen) atoms. The molecule has 1 aliphatic heterocycles. The van der Waals surface area contributed by atoms with Crippen molar-refractivity contribution in [3.05, 3.63) is 42.0 Å². The smallest absolute Gasteiger partial charge is 0.277 e. The van der Waals surface area contributed by atoms with Gasteiger partial charge in [-0.25, -0.2) is 0 Å². The van der Waals surface area contributed by atoms with E-state index >= 15 is 0 Å². The molecular formula is C23H32N3O5+. The molecule has 0 aromatic heterocycles. The van der Waals surface area contributed by atoms with Gasteiger partial charge in [-0.2, -0.15) is 0 Å². The van der Waals surface area contributed by atoms with Gasteiger partial charge in [0.15, 0.2) is 18.0 Å². The number of nitrogens with zero attached hydrogens (tertiary/aromatic N) is 2. The topological polar surface area (TPSA) is 75.9 Å². The number of ether oxygens (including phenoxy) is 3. The van der Waals surface area contributed by atoms with Crippen LogP contribution in [0.3, 0.4) is 0 Å². The molecule has 1 aliphatic rings. The zero-order valence-electron chi connectivity index (χ0n) is 18.7.